The number of alkyl halides is 3. The Balaban J connectivity index is 2.06. The molecule has 134 valence electrons. The summed E-state index contributed by atoms with van der Waals surface area (Å²) >= 11 is 11.8. The fraction of sp³-hybridized carbons (Fsp3) is 0.133. The third-order valence-electron chi connectivity index (χ3n) is 3.02. The third kappa shape index (κ3) is 5.07. The van der Waals surface area contributed by atoms with Crippen LogP contribution in [0.5, 0.6) is 11.5 Å². The largest absolute Gasteiger partial charge is 0.573 e. The van der Waals surface area contributed by atoms with Crippen molar-refractivity contribution in [1.82, 2.24) is 0 Å². The summed E-state index contributed by atoms with van der Waals surface area (Å²) in [7, 11) is 0. The van der Waals surface area contributed by atoms with E-state index in [9.17, 15) is 23.1 Å². The van der Waals surface area contributed by atoms with Crippen LogP contribution in [-0.4, -0.2) is 17.5 Å². The number of carbonyl (C=O) groups is 1. The molecular weight excluding hydrogens is 384 g/mol. The third-order valence-corrected chi connectivity index (χ3v) is 3.87. The van der Waals surface area contributed by atoms with E-state index in [1.165, 1.54) is 18.2 Å². The minimum absolute atomic E-state index is 0.00328. The molecule has 0 spiro atoms. The first kappa shape index (κ1) is 19.0. The van der Waals surface area contributed by atoms with Crippen molar-refractivity contribution in [3.05, 3.63) is 45.9 Å². The van der Waals surface area contributed by atoms with E-state index in [0.717, 1.165) is 12.1 Å². The molecule has 25 heavy (non-hydrogen) atoms. The van der Waals surface area contributed by atoms with Gasteiger partial charge in [0.1, 0.15) is 5.75 Å². The molecule has 0 heterocycles. The fourth-order valence-corrected chi connectivity index (χ4v) is 2.28. The number of rotatable bonds is 3. The summed E-state index contributed by atoms with van der Waals surface area (Å²) in [4.78, 5) is 11.9. The number of benzene rings is 2. The SMILES string of the molecule is Cc1c(Cl)cc(NC(=O)Nc2ccc(OC(F)(F)F)cc2)c(O)c1Cl. The molecule has 0 radical (unpaired) electrons. The summed E-state index contributed by atoms with van der Waals surface area (Å²) in [5, 5.41) is 14.9. The van der Waals surface area contributed by atoms with Crippen molar-refractivity contribution < 1.29 is 27.8 Å². The maximum atomic E-state index is 12.1. The highest BCUT2D eigenvalue weighted by Gasteiger charge is 2.30. The quantitative estimate of drug-likeness (QED) is 0.597. The number of carbonyl (C=O) groups excluding carboxylic acids is 1. The molecule has 0 unspecified atom stereocenters. The molecule has 5 nitrogen and oxygen atoms in total. The van der Waals surface area contributed by atoms with Gasteiger partial charge >= 0.3 is 12.4 Å². The molecule has 0 aliphatic rings. The summed E-state index contributed by atoms with van der Waals surface area (Å²) in [5.74, 6) is -0.777. The van der Waals surface area contributed by atoms with E-state index in [1.807, 2.05) is 0 Å². The van der Waals surface area contributed by atoms with Crippen LogP contribution < -0.4 is 15.4 Å². The summed E-state index contributed by atoms with van der Waals surface area (Å²) in [6.45, 7) is 1.60. The average Bonchev–Trinajstić information content (AvgIpc) is 2.51. The molecule has 3 N–H and O–H groups in total. The number of aromatic hydroxyl groups is 1. The predicted octanol–water partition coefficient (Wildman–Crippen LogP) is 5.55. The highest BCUT2D eigenvalue weighted by molar-refractivity contribution is 6.37. The number of phenolic OH excluding ortho intramolecular Hbond substituents is 1. The van der Waals surface area contributed by atoms with Gasteiger partial charge in [0.2, 0.25) is 0 Å². The Morgan fingerprint density at radius 2 is 1.76 bits per heavy atom. The van der Waals surface area contributed by atoms with E-state index in [0.29, 0.717) is 5.56 Å². The Morgan fingerprint density at radius 3 is 2.32 bits per heavy atom. The van der Waals surface area contributed by atoms with E-state index in [1.54, 1.807) is 6.92 Å². The van der Waals surface area contributed by atoms with E-state index in [-0.39, 0.29) is 27.2 Å². The number of ether oxygens (including phenoxy) is 1. The van der Waals surface area contributed by atoms with Gasteiger partial charge in [-0.25, -0.2) is 4.79 Å². The molecular formula is C15H11Cl2F3N2O3. The van der Waals surface area contributed by atoms with Gasteiger partial charge in [0.05, 0.1) is 10.7 Å². The van der Waals surface area contributed by atoms with Crippen molar-refractivity contribution in [3.63, 3.8) is 0 Å². The van der Waals surface area contributed by atoms with Crippen LogP contribution in [0.2, 0.25) is 10.0 Å². The van der Waals surface area contributed by atoms with Gasteiger partial charge in [-0.05, 0) is 42.8 Å². The first-order valence-corrected chi connectivity index (χ1v) is 7.44. The standard InChI is InChI=1S/C15H11Cl2F3N2O3/c1-7-10(16)6-11(13(23)12(7)17)22-14(24)21-8-2-4-9(5-3-8)25-15(18,19)20/h2-6,23H,1H3,(H2,21,22,24). The number of phenols is 1. The second-order valence-corrected chi connectivity index (χ2v) is 5.63. The van der Waals surface area contributed by atoms with Crippen molar-refractivity contribution in [2.24, 2.45) is 0 Å². The molecule has 0 aromatic heterocycles. The second-order valence-electron chi connectivity index (χ2n) is 4.84. The molecule has 2 aromatic carbocycles. The first-order valence-electron chi connectivity index (χ1n) is 6.68. The van der Waals surface area contributed by atoms with Crippen LogP contribution in [0.1, 0.15) is 5.56 Å². The van der Waals surface area contributed by atoms with E-state index >= 15 is 0 Å². The van der Waals surface area contributed by atoms with Crippen LogP contribution in [-0.2, 0) is 0 Å². The molecule has 0 bridgehead atoms. The Labute approximate surface area is 150 Å². The van der Waals surface area contributed by atoms with E-state index in [2.05, 4.69) is 15.4 Å². The lowest BCUT2D eigenvalue weighted by atomic mass is 10.2. The summed E-state index contributed by atoms with van der Waals surface area (Å²) in [5.41, 5.74) is 0.637. The number of hydrogen-bond donors (Lipinski definition) is 3. The maximum Gasteiger partial charge on any atom is 0.573 e. The zero-order valence-electron chi connectivity index (χ0n) is 12.5. The molecule has 0 fully saturated rings. The van der Waals surface area contributed by atoms with Crippen LogP contribution in [0, 0.1) is 6.92 Å². The highest BCUT2D eigenvalue weighted by Crippen LogP contribution is 2.38. The monoisotopic (exact) mass is 394 g/mol. The lowest BCUT2D eigenvalue weighted by Gasteiger charge is -2.13. The molecule has 2 amide bonds. The zero-order chi connectivity index (χ0) is 18.8. The molecule has 0 atom stereocenters. The van der Waals surface area contributed by atoms with Gasteiger partial charge in [-0.1, -0.05) is 23.2 Å². The molecule has 2 aromatic rings. The maximum absolute atomic E-state index is 12.1. The van der Waals surface area contributed by atoms with Crippen LogP contribution in [0.15, 0.2) is 30.3 Å². The number of anilines is 2. The average molecular weight is 395 g/mol. The topological polar surface area (TPSA) is 70.6 Å². The number of amides is 2. The number of nitrogens with one attached hydrogen (secondary N) is 2. The predicted molar refractivity (Wildman–Crippen MR) is 88.6 cm³/mol. The van der Waals surface area contributed by atoms with Gasteiger partial charge in [0, 0.05) is 10.7 Å². The minimum atomic E-state index is -4.80. The molecule has 0 aliphatic heterocycles. The second kappa shape index (κ2) is 7.28. The molecule has 0 saturated carbocycles. The smallest absolute Gasteiger partial charge is 0.504 e. The van der Waals surface area contributed by atoms with Gasteiger partial charge in [0.25, 0.3) is 0 Å². The van der Waals surface area contributed by atoms with Gasteiger partial charge in [-0.2, -0.15) is 0 Å². The lowest BCUT2D eigenvalue weighted by Crippen LogP contribution is -2.20. The van der Waals surface area contributed by atoms with Crippen molar-refractivity contribution in [1.29, 1.82) is 0 Å². The number of urea groups is 1. The summed E-state index contributed by atoms with van der Waals surface area (Å²) in [6, 6.07) is 5.08. The zero-order valence-corrected chi connectivity index (χ0v) is 14.1. The lowest BCUT2D eigenvalue weighted by molar-refractivity contribution is -0.274. The van der Waals surface area contributed by atoms with Crippen molar-refractivity contribution in [2.75, 3.05) is 10.6 Å². The van der Waals surface area contributed by atoms with Crippen LogP contribution in [0.3, 0.4) is 0 Å². The van der Waals surface area contributed by atoms with Crippen LogP contribution >= 0.6 is 23.2 Å². The molecule has 0 saturated heterocycles. The molecule has 10 heteroatoms. The van der Waals surface area contributed by atoms with E-state index in [4.69, 9.17) is 23.2 Å². The number of halogens is 5. The van der Waals surface area contributed by atoms with Crippen LogP contribution in [0.25, 0.3) is 0 Å². The normalized spacial score (nSPS) is 11.1. The van der Waals surface area contributed by atoms with Gasteiger partial charge in [-0.3, -0.25) is 0 Å². The van der Waals surface area contributed by atoms with Gasteiger partial charge in [0.15, 0.2) is 5.75 Å². The van der Waals surface area contributed by atoms with Crippen molar-refractivity contribution in [3.8, 4) is 11.5 Å². The Hall–Kier alpha value is -2.32. The van der Waals surface area contributed by atoms with Crippen molar-refractivity contribution in [2.45, 2.75) is 13.3 Å². The summed E-state index contributed by atoms with van der Waals surface area (Å²) in [6.07, 6.45) is -4.80. The van der Waals surface area contributed by atoms with Gasteiger partial charge in [-0.15, -0.1) is 13.2 Å². The Morgan fingerprint density at radius 1 is 1.16 bits per heavy atom. The van der Waals surface area contributed by atoms with Crippen LogP contribution in [0.4, 0.5) is 29.3 Å². The number of hydrogen-bond acceptors (Lipinski definition) is 3. The van der Waals surface area contributed by atoms with Gasteiger partial charge < -0.3 is 20.5 Å². The Bertz CT molecular complexity index is 796. The first-order chi connectivity index (χ1) is 11.6. The molecule has 2 rings (SSSR count). The minimum Gasteiger partial charge on any atom is -0.504 e. The fourth-order valence-electron chi connectivity index (χ4n) is 1.82. The summed E-state index contributed by atoms with van der Waals surface area (Å²) < 4.78 is 40.0. The van der Waals surface area contributed by atoms with Crippen molar-refractivity contribution >= 4 is 40.6 Å². The van der Waals surface area contributed by atoms with E-state index < -0.39 is 18.1 Å². The Kier molecular flexibility index (Phi) is 5.54. The molecule has 0 aliphatic carbocycles. The highest BCUT2D eigenvalue weighted by atomic mass is 35.5.